The summed E-state index contributed by atoms with van der Waals surface area (Å²) >= 11 is 0. The average Bonchev–Trinajstić information content (AvgIpc) is 2.55. The van der Waals surface area contributed by atoms with Gasteiger partial charge in [-0.15, -0.1) is 0 Å². The first-order valence-corrected chi connectivity index (χ1v) is 5.62. The average molecular weight is 221 g/mol. The van der Waals surface area contributed by atoms with E-state index in [1.807, 2.05) is 19.9 Å². The number of nitrogens with one attached hydrogen (secondary N) is 1. The maximum atomic E-state index is 13.8. The number of amides is 1. The molecule has 2 unspecified atom stereocenters. The van der Waals surface area contributed by atoms with Crippen molar-refractivity contribution in [3.05, 3.63) is 35.6 Å². The standard InChI is InChI=1S/C13H16FNO/c1-3-11-13(2,8-12(16)15-11)9-6-4-5-7-10(9)14/h4-7,11H,3,8H2,1-2H3,(H,15,16). The van der Waals surface area contributed by atoms with Gasteiger partial charge in [0.15, 0.2) is 0 Å². The molecule has 2 rings (SSSR count). The van der Waals surface area contributed by atoms with Crippen molar-refractivity contribution in [3.8, 4) is 0 Å². The maximum absolute atomic E-state index is 13.8. The highest BCUT2D eigenvalue weighted by Crippen LogP contribution is 2.38. The molecule has 3 heteroatoms. The molecule has 1 aromatic rings. The van der Waals surface area contributed by atoms with Crippen molar-refractivity contribution >= 4 is 5.91 Å². The van der Waals surface area contributed by atoms with Gasteiger partial charge in [0, 0.05) is 17.9 Å². The number of benzene rings is 1. The number of hydrogen-bond donors (Lipinski definition) is 1. The molecule has 86 valence electrons. The van der Waals surface area contributed by atoms with Crippen LogP contribution in [0.1, 0.15) is 32.3 Å². The van der Waals surface area contributed by atoms with E-state index in [0.717, 1.165) is 6.42 Å². The molecule has 1 fully saturated rings. The SMILES string of the molecule is CCC1NC(=O)CC1(C)c1ccccc1F. The Labute approximate surface area is 94.9 Å². The Morgan fingerprint density at radius 1 is 1.50 bits per heavy atom. The second kappa shape index (κ2) is 3.89. The maximum Gasteiger partial charge on any atom is 0.221 e. The first-order chi connectivity index (χ1) is 7.58. The minimum absolute atomic E-state index is 0.0117. The van der Waals surface area contributed by atoms with E-state index in [-0.39, 0.29) is 17.8 Å². The van der Waals surface area contributed by atoms with Crippen LogP contribution in [0.5, 0.6) is 0 Å². The van der Waals surface area contributed by atoms with Gasteiger partial charge in [-0.1, -0.05) is 32.0 Å². The van der Waals surface area contributed by atoms with Gasteiger partial charge in [-0.3, -0.25) is 4.79 Å². The van der Waals surface area contributed by atoms with Gasteiger partial charge in [0.2, 0.25) is 5.91 Å². The highest BCUT2D eigenvalue weighted by Gasteiger charge is 2.44. The molecule has 0 radical (unpaired) electrons. The van der Waals surface area contributed by atoms with Crippen LogP contribution in [0.4, 0.5) is 4.39 Å². The Hall–Kier alpha value is -1.38. The zero-order chi connectivity index (χ0) is 11.8. The molecular formula is C13H16FNO. The zero-order valence-corrected chi connectivity index (χ0v) is 9.59. The Kier molecular flexibility index (Phi) is 2.70. The van der Waals surface area contributed by atoms with Gasteiger partial charge < -0.3 is 5.32 Å². The normalized spacial score (nSPS) is 29.2. The number of hydrogen-bond acceptors (Lipinski definition) is 1. The summed E-state index contributed by atoms with van der Waals surface area (Å²) < 4.78 is 13.8. The Balaban J connectivity index is 2.45. The topological polar surface area (TPSA) is 29.1 Å². The minimum Gasteiger partial charge on any atom is -0.352 e. The molecule has 0 bridgehead atoms. The second-order valence-corrected chi connectivity index (χ2v) is 4.60. The predicted octanol–water partition coefficient (Wildman–Crippen LogP) is 2.38. The lowest BCUT2D eigenvalue weighted by atomic mass is 9.75. The highest BCUT2D eigenvalue weighted by molar-refractivity contribution is 5.81. The van der Waals surface area contributed by atoms with E-state index < -0.39 is 5.41 Å². The van der Waals surface area contributed by atoms with Crippen LogP contribution >= 0.6 is 0 Å². The van der Waals surface area contributed by atoms with Crippen molar-refractivity contribution in [3.63, 3.8) is 0 Å². The summed E-state index contributed by atoms with van der Waals surface area (Å²) in [6.45, 7) is 3.97. The molecule has 16 heavy (non-hydrogen) atoms. The molecule has 0 aliphatic carbocycles. The van der Waals surface area contributed by atoms with E-state index in [9.17, 15) is 9.18 Å². The molecule has 0 saturated carbocycles. The van der Waals surface area contributed by atoms with Gasteiger partial charge in [-0.25, -0.2) is 4.39 Å². The van der Waals surface area contributed by atoms with Crippen molar-refractivity contribution in [2.45, 2.75) is 38.1 Å². The Morgan fingerprint density at radius 3 is 2.81 bits per heavy atom. The second-order valence-electron chi connectivity index (χ2n) is 4.60. The highest BCUT2D eigenvalue weighted by atomic mass is 19.1. The van der Waals surface area contributed by atoms with Crippen LogP contribution in [0.3, 0.4) is 0 Å². The monoisotopic (exact) mass is 221 g/mol. The van der Waals surface area contributed by atoms with Crippen LogP contribution in [-0.4, -0.2) is 11.9 Å². The molecule has 2 atom stereocenters. The van der Waals surface area contributed by atoms with Gasteiger partial charge >= 0.3 is 0 Å². The summed E-state index contributed by atoms with van der Waals surface area (Å²) in [7, 11) is 0. The number of halogens is 1. The summed E-state index contributed by atoms with van der Waals surface area (Å²) in [6.07, 6.45) is 1.18. The summed E-state index contributed by atoms with van der Waals surface area (Å²) in [5.74, 6) is -0.211. The Bertz CT molecular complexity index is 418. The van der Waals surface area contributed by atoms with Crippen molar-refractivity contribution in [2.75, 3.05) is 0 Å². The van der Waals surface area contributed by atoms with E-state index in [2.05, 4.69) is 5.32 Å². The number of carbonyl (C=O) groups excluding carboxylic acids is 1. The lowest BCUT2D eigenvalue weighted by Crippen LogP contribution is -2.38. The summed E-state index contributed by atoms with van der Waals surface area (Å²) in [4.78, 5) is 11.5. The molecule has 1 saturated heterocycles. The smallest absolute Gasteiger partial charge is 0.221 e. The molecule has 0 spiro atoms. The summed E-state index contributed by atoms with van der Waals surface area (Å²) in [5.41, 5.74) is 0.220. The molecule has 1 heterocycles. The van der Waals surface area contributed by atoms with Crippen molar-refractivity contribution < 1.29 is 9.18 Å². The molecular weight excluding hydrogens is 205 g/mol. The lowest BCUT2D eigenvalue weighted by Gasteiger charge is -2.30. The van der Waals surface area contributed by atoms with Gasteiger partial charge in [-0.2, -0.15) is 0 Å². The third-order valence-corrected chi connectivity index (χ3v) is 3.53. The summed E-state index contributed by atoms with van der Waals surface area (Å²) in [5, 5.41) is 2.91. The van der Waals surface area contributed by atoms with E-state index in [1.54, 1.807) is 12.1 Å². The third kappa shape index (κ3) is 1.60. The first kappa shape index (κ1) is 11.1. The molecule has 2 nitrogen and oxygen atoms in total. The fourth-order valence-corrected chi connectivity index (χ4v) is 2.62. The molecule has 1 aliphatic rings. The Morgan fingerprint density at radius 2 is 2.19 bits per heavy atom. The molecule has 1 N–H and O–H groups in total. The quantitative estimate of drug-likeness (QED) is 0.816. The molecule has 1 amide bonds. The molecule has 1 aromatic carbocycles. The van der Waals surface area contributed by atoms with Gasteiger partial charge in [0.05, 0.1) is 0 Å². The van der Waals surface area contributed by atoms with Gasteiger partial charge in [-0.05, 0) is 18.1 Å². The van der Waals surface area contributed by atoms with E-state index in [1.165, 1.54) is 6.07 Å². The van der Waals surface area contributed by atoms with E-state index >= 15 is 0 Å². The third-order valence-electron chi connectivity index (χ3n) is 3.53. The van der Waals surface area contributed by atoms with Crippen molar-refractivity contribution in [1.82, 2.24) is 5.32 Å². The van der Waals surface area contributed by atoms with Crippen LogP contribution in [0.2, 0.25) is 0 Å². The summed E-state index contributed by atoms with van der Waals surface area (Å²) in [6, 6.07) is 6.75. The van der Waals surface area contributed by atoms with Crippen LogP contribution in [0.25, 0.3) is 0 Å². The first-order valence-electron chi connectivity index (χ1n) is 5.62. The van der Waals surface area contributed by atoms with Gasteiger partial charge in [0.1, 0.15) is 5.82 Å². The fourth-order valence-electron chi connectivity index (χ4n) is 2.62. The molecule has 1 aliphatic heterocycles. The predicted molar refractivity (Wildman–Crippen MR) is 60.6 cm³/mol. The largest absolute Gasteiger partial charge is 0.352 e. The van der Waals surface area contributed by atoms with E-state index in [4.69, 9.17) is 0 Å². The lowest BCUT2D eigenvalue weighted by molar-refractivity contribution is -0.119. The van der Waals surface area contributed by atoms with Gasteiger partial charge in [0.25, 0.3) is 0 Å². The van der Waals surface area contributed by atoms with Crippen LogP contribution in [0, 0.1) is 5.82 Å². The zero-order valence-electron chi connectivity index (χ0n) is 9.59. The number of rotatable bonds is 2. The fraction of sp³-hybridized carbons (Fsp3) is 0.462. The van der Waals surface area contributed by atoms with Crippen LogP contribution < -0.4 is 5.32 Å². The molecule has 0 aromatic heterocycles. The van der Waals surface area contributed by atoms with Crippen LogP contribution in [-0.2, 0) is 10.2 Å². The van der Waals surface area contributed by atoms with Crippen molar-refractivity contribution in [2.24, 2.45) is 0 Å². The van der Waals surface area contributed by atoms with Crippen LogP contribution in [0.15, 0.2) is 24.3 Å². The van der Waals surface area contributed by atoms with E-state index in [0.29, 0.717) is 12.0 Å². The van der Waals surface area contributed by atoms with Crippen molar-refractivity contribution in [1.29, 1.82) is 0 Å². The minimum atomic E-state index is -0.419. The number of carbonyl (C=O) groups is 1.